The maximum Gasteiger partial charge on any atom is 0.573 e. The number of carbonyl (C=O) groups is 1. The molecule has 2 aromatic heterocycles. The monoisotopic (exact) mass is 369 g/mol. The van der Waals surface area contributed by atoms with Gasteiger partial charge in [0, 0.05) is 17.6 Å². The first-order valence-electron chi connectivity index (χ1n) is 7.31. The highest BCUT2D eigenvalue weighted by Crippen LogP contribution is 2.23. The van der Waals surface area contributed by atoms with Crippen LogP contribution in [0.3, 0.4) is 0 Å². The number of rotatable bonds is 4. The standard InChI is InChI=1S/C16H14F3N3O2S/c1-9-8-22-13(10(2)21-15(22)25-9)14(23)20-7-11-3-5-12(6-4-11)24-16(17,18)19/h3-6,8H,7H2,1-2H3,(H,20,23). The molecule has 132 valence electrons. The Hall–Kier alpha value is -2.55. The molecule has 1 amide bonds. The normalized spacial score (nSPS) is 11.7. The average molecular weight is 369 g/mol. The second kappa shape index (κ2) is 6.40. The van der Waals surface area contributed by atoms with Gasteiger partial charge in [-0.1, -0.05) is 12.1 Å². The number of ether oxygens (including phenoxy) is 1. The average Bonchev–Trinajstić information content (AvgIpc) is 2.99. The zero-order valence-corrected chi connectivity index (χ0v) is 14.2. The van der Waals surface area contributed by atoms with Crippen LogP contribution in [0.4, 0.5) is 13.2 Å². The van der Waals surface area contributed by atoms with Crippen LogP contribution in [0, 0.1) is 13.8 Å². The lowest BCUT2D eigenvalue weighted by molar-refractivity contribution is -0.274. The molecule has 2 heterocycles. The third-order valence-electron chi connectivity index (χ3n) is 3.44. The Labute approximate surface area is 145 Å². The highest BCUT2D eigenvalue weighted by atomic mass is 32.1. The molecule has 0 atom stereocenters. The van der Waals surface area contributed by atoms with E-state index < -0.39 is 6.36 Å². The topological polar surface area (TPSA) is 55.6 Å². The van der Waals surface area contributed by atoms with E-state index in [0.717, 1.165) is 9.84 Å². The molecular formula is C16H14F3N3O2S. The SMILES string of the molecule is Cc1cn2c(C(=O)NCc3ccc(OC(F)(F)F)cc3)c(C)nc2s1. The molecule has 0 aliphatic rings. The maximum atomic E-state index is 12.4. The summed E-state index contributed by atoms with van der Waals surface area (Å²) in [6.45, 7) is 3.87. The fourth-order valence-corrected chi connectivity index (χ4v) is 3.28. The minimum absolute atomic E-state index is 0.181. The van der Waals surface area contributed by atoms with E-state index in [4.69, 9.17) is 0 Å². The molecule has 0 saturated heterocycles. The van der Waals surface area contributed by atoms with E-state index in [0.29, 0.717) is 17.0 Å². The van der Waals surface area contributed by atoms with Crippen molar-refractivity contribution in [2.45, 2.75) is 26.8 Å². The second-order valence-corrected chi connectivity index (χ2v) is 6.63. The number of hydrogen-bond acceptors (Lipinski definition) is 4. The Kier molecular flexibility index (Phi) is 4.42. The van der Waals surface area contributed by atoms with Crippen LogP contribution in [0.5, 0.6) is 5.75 Å². The molecule has 9 heteroatoms. The molecule has 1 aromatic carbocycles. The van der Waals surface area contributed by atoms with Gasteiger partial charge in [-0.15, -0.1) is 24.5 Å². The largest absolute Gasteiger partial charge is 0.573 e. The highest BCUT2D eigenvalue weighted by molar-refractivity contribution is 7.17. The van der Waals surface area contributed by atoms with E-state index >= 15 is 0 Å². The van der Waals surface area contributed by atoms with Gasteiger partial charge in [-0.2, -0.15) is 0 Å². The van der Waals surface area contributed by atoms with Crippen molar-refractivity contribution in [1.29, 1.82) is 0 Å². The molecule has 5 nitrogen and oxygen atoms in total. The zero-order valence-electron chi connectivity index (χ0n) is 13.3. The van der Waals surface area contributed by atoms with Gasteiger partial charge in [0.25, 0.3) is 5.91 Å². The first kappa shape index (κ1) is 17.3. The van der Waals surface area contributed by atoms with Crippen molar-refractivity contribution < 1.29 is 22.7 Å². The Balaban J connectivity index is 1.68. The number of benzene rings is 1. The number of thiazole rings is 1. The van der Waals surface area contributed by atoms with Gasteiger partial charge < -0.3 is 10.1 Å². The van der Waals surface area contributed by atoms with Crippen molar-refractivity contribution in [2.75, 3.05) is 0 Å². The van der Waals surface area contributed by atoms with E-state index in [1.165, 1.54) is 35.6 Å². The lowest BCUT2D eigenvalue weighted by Crippen LogP contribution is -2.24. The quantitative estimate of drug-likeness (QED) is 0.760. The van der Waals surface area contributed by atoms with Crippen LogP contribution in [0.2, 0.25) is 0 Å². The lowest BCUT2D eigenvalue weighted by atomic mass is 10.2. The summed E-state index contributed by atoms with van der Waals surface area (Å²) in [6, 6.07) is 5.35. The molecule has 0 aliphatic heterocycles. The number of halogens is 3. The number of aromatic nitrogens is 2. The summed E-state index contributed by atoms with van der Waals surface area (Å²) in [5.41, 5.74) is 1.73. The first-order valence-corrected chi connectivity index (χ1v) is 8.12. The lowest BCUT2D eigenvalue weighted by Gasteiger charge is -2.10. The van der Waals surface area contributed by atoms with E-state index in [9.17, 15) is 18.0 Å². The number of hydrogen-bond donors (Lipinski definition) is 1. The van der Waals surface area contributed by atoms with Gasteiger partial charge in [-0.25, -0.2) is 4.98 Å². The fraction of sp³-hybridized carbons (Fsp3) is 0.250. The smallest absolute Gasteiger partial charge is 0.406 e. The van der Waals surface area contributed by atoms with Crippen molar-refractivity contribution in [3.05, 3.63) is 52.3 Å². The van der Waals surface area contributed by atoms with Crippen molar-refractivity contribution >= 4 is 22.2 Å². The molecule has 3 aromatic rings. The third kappa shape index (κ3) is 3.93. The Morgan fingerprint density at radius 3 is 2.60 bits per heavy atom. The van der Waals surface area contributed by atoms with Gasteiger partial charge in [-0.3, -0.25) is 9.20 Å². The van der Waals surface area contributed by atoms with Gasteiger partial charge in [0.15, 0.2) is 4.96 Å². The summed E-state index contributed by atoms with van der Waals surface area (Å²) in [5.74, 6) is -0.594. The van der Waals surface area contributed by atoms with Crippen LogP contribution in [0.1, 0.15) is 26.6 Å². The number of aryl methyl sites for hydroxylation is 2. The van der Waals surface area contributed by atoms with Crippen molar-refractivity contribution in [1.82, 2.24) is 14.7 Å². The van der Waals surface area contributed by atoms with E-state index in [1.54, 1.807) is 11.3 Å². The van der Waals surface area contributed by atoms with E-state index in [-0.39, 0.29) is 18.2 Å². The summed E-state index contributed by atoms with van der Waals surface area (Å²) in [5, 5.41) is 2.75. The molecule has 0 fully saturated rings. The number of nitrogens with zero attached hydrogens (tertiary/aromatic N) is 2. The van der Waals surface area contributed by atoms with Crippen LogP contribution < -0.4 is 10.1 Å². The van der Waals surface area contributed by atoms with Crippen LogP contribution in [-0.4, -0.2) is 21.7 Å². The Bertz CT molecular complexity index is 913. The van der Waals surface area contributed by atoms with Gasteiger partial charge >= 0.3 is 6.36 Å². The van der Waals surface area contributed by atoms with E-state index in [2.05, 4.69) is 15.0 Å². The van der Waals surface area contributed by atoms with Gasteiger partial charge in [0.1, 0.15) is 11.4 Å². The highest BCUT2D eigenvalue weighted by Gasteiger charge is 2.30. The predicted molar refractivity (Wildman–Crippen MR) is 86.8 cm³/mol. The van der Waals surface area contributed by atoms with Crippen molar-refractivity contribution in [3.8, 4) is 5.75 Å². The number of fused-ring (bicyclic) bond motifs is 1. The molecule has 0 bridgehead atoms. The molecule has 0 radical (unpaired) electrons. The van der Waals surface area contributed by atoms with Crippen molar-refractivity contribution in [2.24, 2.45) is 0 Å². The number of alkyl halides is 3. The molecule has 0 saturated carbocycles. The molecule has 1 N–H and O–H groups in total. The number of nitrogens with one attached hydrogen (secondary N) is 1. The first-order chi connectivity index (χ1) is 11.7. The maximum absolute atomic E-state index is 12.4. The van der Waals surface area contributed by atoms with Crippen molar-refractivity contribution in [3.63, 3.8) is 0 Å². The number of imidazole rings is 1. The van der Waals surface area contributed by atoms with Crippen LogP contribution in [0.25, 0.3) is 4.96 Å². The number of amides is 1. The van der Waals surface area contributed by atoms with E-state index in [1.807, 2.05) is 13.1 Å². The third-order valence-corrected chi connectivity index (χ3v) is 4.34. The minimum Gasteiger partial charge on any atom is -0.406 e. The van der Waals surface area contributed by atoms with Crippen LogP contribution in [0.15, 0.2) is 30.5 Å². The molecule has 0 unspecified atom stereocenters. The Morgan fingerprint density at radius 2 is 1.96 bits per heavy atom. The molecule has 25 heavy (non-hydrogen) atoms. The minimum atomic E-state index is -4.72. The second-order valence-electron chi connectivity index (χ2n) is 5.41. The summed E-state index contributed by atoms with van der Waals surface area (Å²) in [4.78, 5) is 18.6. The molecule has 3 rings (SSSR count). The predicted octanol–water partition coefficient (Wildman–Crippen LogP) is 3.84. The molecule has 0 spiro atoms. The molecule has 0 aliphatic carbocycles. The molecular weight excluding hydrogens is 355 g/mol. The van der Waals surface area contributed by atoms with Crippen LogP contribution in [-0.2, 0) is 6.54 Å². The summed E-state index contributed by atoms with van der Waals surface area (Å²) >= 11 is 1.49. The zero-order chi connectivity index (χ0) is 18.2. The van der Waals surface area contributed by atoms with Gasteiger partial charge in [0.2, 0.25) is 0 Å². The summed E-state index contributed by atoms with van der Waals surface area (Å²) in [6.07, 6.45) is -2.88. The number of carbonyl (C=O) groups excluding carboxylic acids is 1. The van der Waals surface area contributed by atoms with Crippen LogP contribution >= 0.6 is 11.3 Å². The van der Waals surface area contributed by atoms with Gasteiger partial charge in [-0.05, 0) is 31.5 Å². The summed E-state index contributed by atoms with van der Waals surface area (Å²) < 4.78 is 42.0. The summed E-state index contributed by atoms with van der Waals surface area (Å²) in [7, 11) is 0. The Morgan fingerprint density at radius 1 is 1.28 bits per heavy atom. The van der Waals surface area contributed by atoms with Gasteiger partial charge in [0.05, 0.1) is 5.69 Å². The fourth-order valence-electron chi connectivity index (χ4n) is 2.41.